The Balaban J connectivity index is 1.94. The number of halogens is 6. The Morgan fingerprint density at radius 3 is 2.09 bits per heavy atom. The topological polar surface area (TPSA) is 55.2 Å². The zero-order valence-corrected chi connectivity index (χ0v) is 24.1. The smallest absolute Gasteiger partial charge is 0.329 e. The van der Waals surface area contributed by atoms with Crippen molar-refractivity contribution in [3.8, 4) is 5.69 Å². The average molecular weight is 604 g/mol. The van der Waals surface area contributed by atoms with Crippen LogP contribution in [0.1, 0.15) is 77.6 Å². The minimum absolute atomic E-state index is 0.0100. The first-order chi connectivity index (χ1) is 20.1. The summed E-state index contributed by atoms with van der Waals surface area (Å²) in [6.45, 7) is 7.27. The van der Waals surface area contributed by atoms with Crippen LogP contribution in [0.3, 0.4) is 0 Å². The number of para-hydroxylation sites is 1. The number of unbranched alkanes of at least 4 members (excludes halogenated alkanes) is 2. The number of aromatic nitrogens is 2. The molecule has 0 bridgehead atoms. The second-order valence-electron chi connectivity index (χ2n) is 10.6. The van der Waals surface area contributed by atoms with Gasteiger partial charge in [-0.15, -0.1) is 0 Å². The van der Waals surface area contributed by atoms with Gasteiger partial charge >= 0.3 is 12.4 Å². The number of nitrogens with zero attached hydrogens (tertiary/aromatic N) is 3. The molecule has 1 heterocycles. The third-order valence-corrected chi connectivity index (χ3v) is 7.49. The molecule has 0 aliphatic carbocycles. The van der Waals surface area contributed by atoms with E-state index in [9.17, 15) is 35.9 Å². The number of carbonyl (C=O) groups is 1. The fourth-order valence-electron chi connectivity index (χ4n) is 4.93. The van der Waals surface area contributed by atoms with Crippen molar-refractivity contribution in [2.45, 2.75) is 65.4 Å². The molecule has 0 aliphatic heterocycles. The van der Waals surface area contributed by atoms with Gasteiger partial charge in [-0.05, 0) is 80.8 Å². The van der Waals surface area contributed by atoms with Gasteiger partial charge in [-0.2, -0.15) is 26.3 Å². The molecule has 228 valence electrons. The summed E-state index contributed by atoms with van der Waals surface area (Å²) in [5.74, 6) is -0.908. The zero-order valence-electron chi connectivity index (χ0n) is 24.1. The van der Waals surface area contributed by atoms with Crippen LogP contribution in [0.5, 0.6) is 0 Å². The first kappa shape index (κ1) is 31.8. The van der Waals surface area contributed by atoms with Crippen molar-refractivity contribution in [3.63, 3.8) is 0 Å². The van der Waals surface area contributed by atoms with Crippen molar-refractivity contribution >= 4 is 16.8 Å². The van der Waals surface area contributed by atoms with Crippen molar-refractivity contribution in [1.29, 1.82) is 0 Å². The fraction of sp³-hybridized carbons (Fsp3) is 0.344. The summed E-state index contributed by atoms with van der Waals surface area (Å²) < 4.78 is 83.1. The van der Waals surface area contributed by atoms with E-state index in [1.54, 1.807) is 43.3 Å². The molecule has 1 aromatic heterocycles. The summed E-state index contributed by atoms with van der Waals surface area (Å²) in [6.07, 6.45) is -8.39. The highest BCUT2D eigenvalue weighted by Gasteiger charge is 2.38. The highest BCUT2D eigenvalue weighted by atomic mass is 19.4. The molecule has 0 radical (unpaired) electrons. The Morgan fingerprint density at radius 1 is 0.884 bits per heavy atom. The van der Waals surface area contributed by atoms with Crippen LogP contribution in [0.25, 0.3) is 16.6 Å². The number of amides is 1. The first-order valence-corrected chi connectivity index (χ1v) is 13.8. The van der Waals surface area contributed by atoms with Crippen LogP contribution in [0.15, 0.2) is 65.5 Å². The minimum Gasteiger partial charge on any atom is -0.329 e. The molecule has 1 atom stereocenters. The number of rotatable bonds is 8. The number of fused-ring (bicyclic) bond motifs is 1. The fourth-order valence-corrected chi connectivity index (χ4v) is 4.93. The molecule has 0 fully saturated rings. The largest absolute Gasteiger partial charge is 0.416 e. The number of alkyl halides is 6. The SMILES string of the molecule is CCCCCN(C(=O)c1cc(C(F)(F)F)cc(C(F)(F)F)c1)C(C)c1nc2ccccc2c(=O)n1-c1ccc(C)c(C)c1. The van der Waals surface area contributed by atoms with Crippen molar-refractivity contribution in [2.75, 3.05) is 6.54 Å². The first-order valence-electron chi connectivity index (χ1n) is 13.8. The minimum atomic E-state index is -5.11. The van der Waals surface area contributed by atoms with Crippen molar-refractivity contribution in [3.05, 3.63) is 105 Å². The van der Waals surface area contributed by atoms with Gasteiger partial charge in [-0.3, -0.25) is 14.2 Å². The van der Waals surface area contributed by atoms with Gasteiger partial charge < -0.3 is 4.90 Å². The van der Waals surface area contributed by atoms with E-state index in [2.05, 4.69) is 0 Å². The summed E-state index contributed by atoms with van der Waals surface area (Å²) in [4.78, 5) is 33.6. The lowest BCUT2D eigenvalue weighted by molar-refractivity contribution is -0.143. The number of carbonyl (C=O) groups excluding carboxylic acids is 1. The monoisotopic (exact) mass is 603 g/mol. The standard InChI is InChI=1S/C32H31F6N3O2/c1-5-6-9-14-40(29(42)22-16-23(31(33,34)35)18-24(17-22)32(36,37)38)21(4)28-39-27-11-8-7-10-26(27)30(43)41(28)25-13-12-19(2)20(3)15-25/h7-8,10-13,15-18,21H,5-6,9,14H2,1-4H3. The maximum absolute atomic E-state index is 13.9. The van der Waals surface area contributed by atoms with E-state index in [-0.39, 0.29) is 18.4 Å². The predicted octanol–water partition coefficient (Wildman–Crippen LogP) is 8.43. The van der Waals surface area contributed by atoms with Crippen LogP contribution in [-0.4, -0.2) is 26.9 Å². The summed E-state index contributed by atoms with van der Waals surface area (Å²) in [5, 5.41) is 0.313. The summed E-state index contributed by atoms with van der Waals surface area (Å²) in [7, 11) is 0. The molecule has 11 heteroatoms. The average Bonchev–Trinajstić information content (AvgIpc) is 2.95. The molecular weight excluding hydrogens is 572 g/mol. The van der Waals surface area contributed by atoms with Crippen molar-refractivity contribution in [1.82, 2.24) is 14.5 Å². The van der Waals surface area contributed by atoms with Crippen molar-refractivity contribution < 1.29 is 31.1 Å². The lowest BCUT2D eigenvalue weighted by Crippen LogP contribution is -2.38. The zero-order chi connectivity index (χ0) is 31.7. The molecule has 0 N–H and O–H groups in total. The second kappa shape index (κ2) is 12.2. The van der Waals surface area contributed by atoms with E-state index in [1.807, 2.05) is 26.8 Å². The molecule has 0 saturated carbocycles. The molecular formula is C32H31F6N3O2. The molecule has 43 heavy (non-hydrogen) atoms. The van der Waals surface area contributed by atoms with E-state index >= 15 is 0 Å². The number of hydrogen-bond donors (Lipinski definition) is 0. The maximum Gasteiger partial charge on any atom is 0.416 e. The van der Waals surface area contributed by atoms with E-state index in [4.69, 9.17) is 4.98 Å². The van der Waals surface area contributed by atoms with Crippen LogP contribution in [0, 0.1) is 13.8 Å². The predicted molar refractivity (Wildman–Crippen MR) is 152 cm³/mol. The van der Waals surface area contributed by atoms with Gasteiger partial charge in [0, 0.05) is 12.1 Å². The van der Waals surface area contributed by atoms with E-state index < -0.39 is 46.6 Å². The molecule has 1 amide bonds. The Bertz CT molecular complexity index is 1680. The van der Waals surface area contributed by atoms with Gasteiger partial charge in [0.25, 0.3) is 11.5 Å². The van der Waals surface area contributed by atoms with Crippen LogP contribution in [0.4, 0.5) is 26.3 Å². The Labute approximate surface area is 244 Å². The number of hydrogen-bond acceptors (Lipinski definition) is 3. The van der Waals surface area contributed by atoms with Crippen molar-refractivity contribution in [2.24, 2.45) is 0 Å². The molecule has 5 nitrogen and oxygen atoms in total. The summed E-state index contributed by atoms with van der Waals surface area (Å²) in [6, 6.07) is 11.8. The highest BCUT2D eigenvalue weighted by molar-refractivity contribution is 5.95. The lowest BCUT2D eigenvalue weighted by Gasteiger charge is -2.31. The Morgan fingerprint density at radius 2 is 1.51 bits per heavy atom. The van der Waals surface area contributed by atoms with Gasteiger partial charge in [0.2, 0.25) is 0 Å². The quantitative estimate of drug-likeness (QED) is 0.150. The van der Waals surface area contributed by atoms with Gasteiger partial charge in [0.05, 0.1) is 33.8 Å². The normalized spacial score (nSPS) is 12.9. The van der Waals surface area contributed by atoms with Crippen LogP contribution < -0.4 is 5.56 Å². The van der Waals surface area contributed by atoms with Gasteiger partial charge in [0.1, 0.15) is 5.82 Å². The lowest BCUT2D eigenvalue weighted by atomic mass is 10.0. The van der Waals surface area contributed by atoms with E-state index in [0.717, 1.165) is 17.5 Å². The summed E-state index contributed by atoms with van der Waals surface area (Å²) >= 11 is 0. The number of aryl methyl sites for hydroxylation is 2. The maximum atomic E-state index is 13.9. The second-order valence-corrected chi connectivity index (χ2v) is 10.6. The third-order valence-electron chi connectivity index (χ3n) is 7.49. The molecule has 1 unspecified atom stereocenters. The van der Waals surface area contributed by atoms with Gasteiger partial charge in [-0.1, -0.05) is 38.0 Å². The van der Waals surface area contributed by atoms with Crippen LogP contribution in [0.2, 0.25) is 0 Å². The Kier molecular flexibility index (Phi) is 9.03. The highest BCUT2D eigenvalue weighted by Crippen LogP contribution is 2.37. The van der Waals surface area contributed by atoms with Gasteiger partial charge in [0.15, 0.2) is 0 Å². The molecule has 0 saturated heterocycles. The molecule has 3 aromatic carbocycles. The van der Waals surface area contributed by atoms with E-state index in [1.165, 1.54) is 9.47 Å². The molecule has 0 aliphatic rings. The number of benzene rings is 3. The van der Waals surface area contributed by atoms with Crippen LogP contribution >= 0.6 is 0 Å². The third kappa shape index (κ3) is 6.76. The Hall–Kier alpha value is -4.15. The van der Waals surface area contributed by atoms with Gasteiger partial charge in [-0.25, -0.2) is 4.98 Å². The van der Waals surface area contributed by atoms with Crippen LogP contribution in [-0.2, 0) is 12.4 Å². The molecule has 0 spiro atoms. The molecule has 4 aromatic rings. The van der Waals surface area contributed by atoms with E-state index in [0.29, 0.717) is 41.6 Å². The molecule has 4 rings (SSSR count). The summed E-state index contributed by atoms with van der Waals surface area (Å²) in [5.41, 5.74) is -1.68.